The maximum absolute atomic E-state index is 8.98. The minimum atomic E-state index is -0.0788. The van der Waals surface area contributed by atoms with Crippen LogP contribution >= 0.6 is 0 Å². The van der Waals surface area contributed by atoms with Gasteiger partial charge in [-0.3, -0.25) is 0 Å². The van der Waals surface area contributed by atoms with E-state index >= 15 is 0 Å². The van der Waals surface area contributed by atoms with E-state index in [2.05, 4.69) is 24.3 Å². The zero-order valence-corrected chi connectivity index (χ0v) is 12.3. The van der Waals surface area contributed by atoms with Gasteiger partial charge in [-0.05, 0) is 30.2 Å². The zero-order valence-electron chi connectivity index (χ0n) is 12.3. The summed E-state index contributed by atoms with van der Waals surface area (Å²) in [6.07, 6.45) is 3.64. The molecule has 2 rings (SSSR count). The van der Waals surface area contributed by atoms with Gasteiger partial charge < -0.3 is 16.3 Å². The number of nitrogens with zero attached hydrogens (tertiary/aromatic N) is 1. The quantitative estimate of drug-likeness (QED) is 0.335. The largest absolute Gasteiger partial charge is 0.409 e. The molecule has 1 aromatic carbocycles. The van der Waals surface area contributed by atoms with Crippen molar-refractivity contribution in [1.82, 2.24) is 5.32 Å². The van der Waals surface area contributed by atoms with Crippen LogP contribution in [0.3, 0.4) is 0 Å². The molecule has 1 saturated carbocycles. The number of hydrogen-bond acceptors (Lipinski definition) is 3. The minimum Gasteiger partial charge on any atom is -0.409 e. The van der Waals surface area contributed by atoms with Gasteiger partial charge in [0.1, 0.15) is 5.84 Å². The van der Waals surface area contributed by atoms with Gasteiger partial charge in [-0.25, -0.2) is 0 Å². The van der Waals surface area contributed by atoms with Gasteiger partial charge in [0.25, 0.3) is 0 Å². The Bertz CT molecular complexity index is 456. The molecule has 0 aromatic heterocycles. The van der Waals surface area contributed by atoms with E-state index in [0.717, 1.165) is 5.56 Å². The third-order valence-corrected chi connectivity index (χ3v) is 4.25. The number of hydrogen-bond donors (Lipinski definition) is 3. The highest BCUT2D eigenvalue weighted by Crippen LogP contribution is 2.37. The van der Waals surface area contributed by atoms with Crippen LogP contribution in [-0.4, -0.2) is 23.6 Å². The Morgan fingerprint density at radius 2 is 2.15 bits per heavy atom. The van der Waals surface area contributed by atoms with Crippen molar-refractivity contribution in [3.05, 3.63) is 35.9 Å². The molecule has 0 bridgehead atoms. The fourth-order valence-corrected chi connectivity index (χ4v) is 3.04. The SMILES string of the molecule is CC1(C)CCC(NCC(/C(N)=N/O)c2ccccc2)C1. The smallest absolute Gasteiger partial charge is 0.147 e. The predicted molar refractivity (Wildman–Crippen MR) is 82.0 cm³/mol. The Balaban J connectivity index is 1.99. The highest BCUT2D eigenvalue weighted by atomic mass is 16.4. The molecule has 2 unspecified atom stereocenters. The van der Waals surface area contributed by atoms with Crippen LogP contribution in [0.25, 0.3) is 0 Å². The van der Waals surface area contributed by atoms with E-state index in [-0.39, 0.29) is 11.8 Å². The Kier molecular flexibility index (Phi) is 4.65. The molecule has 4 nitrogen and oxygen atoms in total. The number of amidine groups is 1. The third kappa shape index (κ3) is 3.73. The molecular formula is C16H25N3O. The Hall–Kier alpha value is -1.55. The van der Waals surface area contributed by atoms with Crippen molar-refractivity contribution in [3.8, 4) is 0 Å². The van der Waals surface area contributed by atoms with Crippen LogP contribution in [0.4, 0.5) is 0 Å². The molecule has 0 aliphatic heterocycles. The van der Waals surface area contributed by atoms with Crippen LogP contribution in [0.15, 0.2) is 35.5 Å². The minimum absolute atomic E-state index is 0.0788. The van der Waals surface area contributed by atoms with Crippen molar-refractivity contribution >= 4 is 5.84 Å². The van der Waals surface area contributed by atoms with Crippen molar-refractivity contribution in [2.45, 2.75) is 45.1 Å². The van der Waals surface area contributed by atoms with E-state index in [1.165, 1.54) is 19.3 Å². The summed E-state index contributed by atoms with van der Waals surface area (Å²) in [6.45, 7) is 5.33. The van der Waals surface area contributed by atoms with Gasteiger partial charge >= 0.3 is 0 Å². The topological polar surface area (TPSA) is 70.6 Å². The van der Waals surface area contributed by atoms with E-state index in [1.807, 2.05) is 30.3 Å². The van der Waals surface area contributed by atoms with Gasteiger partial charge in [0.05, 0.1) is 5.92 Å². The predicted octanol–water partition coefficient (Wildman–Crippen LogP) is 2.68. The summed E-state index contributed by atoms with van der Waals surface area (Å²) in [5, 5.41) is 15.7. The fraction of sp³-hybridized carbons (Fsp3) is 0.562. The molecule has 0 heterocycles. The van der Waals surface area contributed by atoms with Gasteiger partial charge in [0.2, 0.25) is 0 Å². The number of rotatable bonds is 5. The van der Waals surface area contributed by atoms with Gasteiger partial charge in [-0.1, -0.05) is 49.3 Å². The number of oxime groups is 1. The lowest BCUT2D eigenvalue weighted by atomic mass is 9.91. The molecule has 1 fully saturated rings. The Morgan fingerprint density at radius 1 is 1.45 bits per heavy atom. The molecule has 4 N–H and O–H groups in total. The number of nitrogens with two attached hydrogens (primary N) is 1. The van der Waals surface area contributed by atoms with E-state index in [0.29, 0.717) is 18.0 Å². The Labute approximate surface area is 121 Å². The lowest BCUT2D eigenvalue weighted by molar-refractivity contribution is 0.315. The first-order valence-corrected chi connectivity index (χ1v) is 7.27. The maximum Gasteiger partial charge on any atom is 0.147 e. The van der Waals surface area contributed by atoms with Crippen LogP contribution in [0.5, 0.6) is 0 Å². The normalized spacial score (nSPS) is 23.7. The molecule has 4 heteroatoms. The average Bonchev–Trinajstić information content (AvgIpc) is 2.79. The summed E-state index contributed by atoms with van der Waals surface area (Å²) in [5.41, 5.74) is 7.35. The van der Waals surface area contributed by atoms with Crippen LogP contribution in [0.1, 0.15) is 44.6 Å². The van der Waals surface area contributed by atoms with E-state index in [9.17, 15) is 0 Å². The highest BCUT2D eigenvalue weighted by Gasteiger charge is 2.31. The monoisotopic (exact) mass is 275 g/mol. The third-order valence-electron chi connectivity index (χ3n) is 4.25. The zero-order chi connectivity index (χ0) is 14.6. The van der Waals surface area contributed by atoms with Crippen molar-refractivity contribution in [3.63, 3.8) is 0 Å². The van der Waals surface area contributed by atoms with Gasteiger partial charge in [-0.15, -0.1) is 0 Å². The van der Waals surface area contributed by atoms with Crippen LogP contribution in [0, 0.1) is 5.41 Å². The van der Waals surface area contributed by atoms with Gasteiger partial charge in [-0.2, -0.15) is 0 Å². The van der Waals surface area contributed by atoms with Gasteiger partial charge in [0, 0.05) is 12.6 Å². The van der Waals surface area contributed by atoms with Crippen molar-refractivity contribution in [1.29, 1.82) is 0 Å². The van der Waals surface area contributed by atoms with Crippen molar-refractivity contribution < 1.29 is 5.21 Å². The van der Waals surface area contributed by atoms with E-state index in [4.69, 9.17) is 10.9 Å². The van der Waals surface area contributed by atoms with Gasteiger partial charge in [0.15, 0.2) is 0 Å². The molecule has 0 radical (unpaired) electrons. The first-order chi connectivity index (χ1) is 9.52. The summed E-state index contributed by atoms with van der Waals surface area (Å²) in [5.74, 6) is 0.186. The fourth-order valence-electron chi connectivity index (χ4n) is 3.04. The lowest BCUT2D eigenvalue weighted by Gasteiger charge is -2.21. The molecule has 110 valence electrons. The average molecular weight is 275 g/mol. The molecule has 1 aromatic rings. The first kappa shape index (κ1) is 14.9. The molecular weight excluding hydrogens is 250 g/mol. The number of nitrogens with one attached hydrogen (secondary N) is 1. The molecule has 0 saturated heterocycles. The van der Waals surface area contributed by atoms with E-state index in [1.54, 1.807) is 0 Å². The second kappa shape index (κ2) is 6.27. The summed E-state index contributed by atoms with van der Waals surface area (Å²) in [4.78, 5) is 0. The van der Waals surface area contributed by atoms with Crippen molar-refractivity contribution in [2.24, 2.45) is 16.3 Å². The molecule has 0 spiro atoms. The molecule has 2 atom stereocenters. The lowest BCUT2D eigenvalue weighted by Crippen LogP contribution is -2.36. The molecule has 0 amide bonds. The number of benzene rings is 1. The summed E-state index contributed by atoms with van der Waals surface area (Å²) < 4.78 is 0. The van der Waals surface area contributed by atoms with E-state index < -0.39 is 0 Å². The second-order valence-electron chi connectivity index (χ2n) is 6.50. The second-order valence-corrected chi connectivity index (χ2v) is 6.50. The summed E-state index contributed by atoms with van der Waals surface area (Å²) in [7, 11) is 0. The summed E-state index contributed by atoms with van der Waals surface area (Å²) >= 11 is 0. The standard InChI is InChI=1S/C16H25N3O/c1-16(2)9-8-13(10-16)18-11-14(15(17)19-20)12-6-4-3-5-7-12/h3-7,13-14,18,20H,8-11H2,1-2H3,(H2,17,19). The van der Waals surface area contributed by atoms with Crippen LogP contribution in [-0.2, 0) is 0 Å². The molecule has 1 aliphatic carbocycles. The van der Waals surface area contributed by atoms with Crippen LogP contribution in [0.2, 0.25) is 0 Å². The van der Waals surface area contributed by atoms with Crippen molar-refractivity contribution in [2.75, 3.05) is 6.54 Å². The Morgan fingerprint density at radius 3 is 2.70 bits per heavy atom. The summed E-state index contributed by atoms with van der Waals surface area (Å²) in [6, 6.07) is 10.5. The first-order valence-electron chi connectivity index (χ1n) is 7.27. The molecule has 20 heavy (non-hydrogen) atoms. The maximum atomic E-state index is 8.98. The van der Waals surface area contributed by atoms with Crippen LogP contribution < -0.4 is 11.1 Å². The highest BCUT2D eigenvalue weighted by molar-refractivity contribution is 5.87. The molecule has 1 aliphatic rings.